The Morgan fingerprint density at radius 1 is 0.857 bits per heavy atom. The second-order valence-electron chi connectivity index (χ2n) is 4.82. The van der Waals surface area contributed by atoms with Crippen LogP contribution in [0, 0.1) is 0 Å². The van der Waals surface area contributed by atoms with E-state index in [4.69, 9.17) is 5.73 Å². The van der Waals surface area contributed by atoms with Gasteiger partial charge in [-0.05, 0) is 5.56 Å². The lowest BCUT2D eigenvalue weighted by atomic mass is 10.1. The van der Waals surface area contributed by atoms with E-state index in [1.807, 2.05) is 52.9 Å². The third-order valence-electron chi connectivity index (χ3n) is 3.52. The maximum atomic E-state index is 6.36. The Hall–Kier alpha value is -2.59. The Morgan fingerprint density at radius 3 is 2.14 bits per heavy atom. The summed E-state index contributed by atoms with van der Waals surface area (Å²) in [5.74, 6) is 0.691. The van der Waals surface area contributed by atoms with E-state index in [0.717, 1.165) is 27.5 Å². The van der Waals surface area contributed by atoms with Crippen molar-refractivity contribution in [3.8, 4) is 22.5 Å². The summed E-state index contributed by atoms with van der Waals surface area (Å²) in [6.45, 7) is 0. The zero-order valence-electron chi connectivity index (χ0n) is 11.2. The van der Waals surface area contributed by atoms with Crippen molar-refractivity contribution >= 4 is 22.1 Å². The van der Waals surface area contributed by atoms with Crippen LogP contribution in [0.4, 0.5) is 5.82 Å². The van der Waals surface area contributed by atoms with Gasteiger partial charge in [0.25, 0.3) is 0 Å². The summed E-state index contributed by atoms with van der Waals surface area (Å²) in [7, 11) is 0. The maximum Gasteiger partial charge on any atom is 0.196 e. The van der Waals surface area contributed by atoms with E-state index in [0.29, 0.717) is 5.82 Å². The van der Waals surface area contributed by atoms with Crippen molar-refractivity contribution < 1.29 is 0 Å². The van der Waals surface area contributed by atoms with Gasteiger partial charge in [0, 0.05) is 10.9 Å². The van der Waals surface area contributed by atoms with Crippen LogP contribution in [0.2, 0.25) is 0 Å². The number of anilines is 1. The van der Waals surface area contributed by atoms with Gasteiger partial charge in [0.2, 0.25) is 0 Å². The molecular formula is C17H13N3S. The molecule has 0 aliphatic heterocycles. The fourth-order valence-corrected chi connectivity index (χ4v) is 3.40. The number of imidazole rings is 1. The van der Waals surface area contributed by atoms with Crippen molar-refractivity contribution in [1.29, 1.82) is 0 Å². The van der Waals surface area contributed by atoms with Gasteiger partial charge in [-0.3, -0.25) is 4.40 Å². The van der Waals surface area contributed by atoms with Crippen molar-refractivity contribution in [3.63, 3.8) is 0 Å². The quantitative estimate of drug-likeness (QED) is 0.598. The van der Waals surface area contributed by atoms with Gasteiger partial charge < -0.3 is 5.73 Å². The molecule has 0 spiro atoms. The smallest absolute Gasteiger partial charge is 0.196 e. The molecule has 3 nitrogen and oxygen atoms in total. The van der Waals surface area contributed by atoms with Crippen molar-refractivity contribution in [2.24, 2.45) is 0 Å². The maximum absolute atomic E-state index is 6.36. The van der Waals surface area contributed by atoms with Crippen molar-refractivity contribution in [2.45, 2.75) is 0 Å². The number of nitrogens with zero attached hydrogens (tertiary/aromatic N) is 2. The standard InChI is InChI=1S/C17H13N3S/c18-16-15(13-9-5-2-6-10-13)19-17-20(16)14(11-21-17)12-7-3-1-4-8-12/h1-11H,18H2. The third-order valence-corrected chi connectivity index (χ3v) is 4.34. The summed E-state index contributed by atoms with van der Waals surface area (Å²) >= 11 is 1.61. The van der Waals surface area contributed by atoms with Gasteiger partial charge in [-0.15, -0.1) is 11.3 Å². The number of hydrogen-bond acceptors (Lipinski definition) is 3. The normalized spacial score (nSPS) is 11.0. The van der Waals surface area contributed by atoms with Crippen molar-refractivity contribution in [1.82, 2.24) is 9.38 Å². The molecule has 0 aliphatic carbocycles. The first-order valence-corrected chi connectivity index (χ1v) is 7.59. The first-order valence-electron chi connectivity index (χ1n) is 6.71. The number of rotatable bonds is 2. The van der Waals surface area contributed by atoms with Gasteiger partial charge >= 0.3 is 0 Å². The summed E-state index contributed by atoms with van der Waals surface area (Å²) < 4.78 is 2.03. The molecule has 0 unspecified atom stereocenters. The molecule has 4 heteroatoms. The molecule has 0 bridgehead atoms. The minimum absolute atomic E-state index is 0.691. The van der Waals surface area contributed by atoms with Gasteiger partial charge in [0.15, 0.2) is 4.96 Å². The first-order chi connectivity index (χ1) is 10.3. The average Bonchev–Trinajstić information content (AvgIpc) is 3.10. The molecule has 4 aromatic rings. The number of benzene rings is 2. The number of nitrogens with two attached hydrogens (primary N) is 1. The summed E-state index contributed by atoms with van der Waals surface area (Å²) in [5.41, 5.74) is 10.5. The molecule has 0 saturated heterocycles. The van der Waals surface area contributed by atoms with Gasteiger partial charge in [0.1, 0.15) is 11.5 Å². The van der Waals surface area contributed by atoms with E-state index < -0.39 is 0 Å². The second kappa shape index (κ2) is 4.75. The number of nitrogen functional groups attached to an aromatic ring is 1. The highest BCUT2D eigenvalue weighted by Gasteiger charge is 2.16. The minimum Gasteiger partial charge on any atom is -0.383 e. The lowest BCUT2D eigenvalue weighted by molar-refractivity contribution is 1.24. The van der Waals surface area contributed by atoms with Crippen LogP contribution in [0.3, 0.4) is 0 Å². The van der Waals surface area contributed by atoms with Crippen LogP contribution < -0.4 is 5.73 Å². The number of thiazole rings is 1. The fraction of sp³-hybridized carbons (Fsp3) is 0. The Bertz CT molecular complexity index is 892. The van der Waals surface area contributed by atoms with Crippen molar-refractivity contribution in [3.05, 3.63) is 66.0 Å². The summed E-state index contributed by atoms with van der Waals surface area (Å²) in [5, 5.41) is 2.10. The molecule has 0 aliphatic rings. The topological polar surface area (TPSA) is 43.3 Å². The molecule has 0 amide bonds. The van der Waals surface area contributed by atoms with Crippen LogP contribution in [0.1, 0.15) is 0 Å². The van der Waals surface area contributed by atoms with Crippen LogP contribution in [0.5, 0.6) is 0 Å². The number of hydrogen-bond donors (Lipinski definition) is 1. The molecule has 0 fully saturated rings. The Kier molecular flexibility index (Phi) is 2.75. The third kappa shape index (κ3) is 1.92. The fourth-order valence-electron chi connectivity index (χ4n) is 2.50. The summed E-state index contributed by atoms with van der Waals surface area (Å²) in [6.07, 6.45) is 0. The zero-order valence-corrected chi connectivity index (χ0v) is 12.0. The Labute approximate surface area is 126 Å². The first kappa shape index (κ1) is 12.2. The van der Waals surface area contributed by atoms with Gasteiger partial charge in [0.05, 0.1) is 5.69 Å². The van der Waals surface area contributed by atoms with E-state index in [1.165, 1.54) is 0 Å². The van der Waals surface area contributed by atoms with E-state index in [-0.39, 0.29) is 0 Å². The highest BCUT2D eigenvalue weighted by molar-refractivity contribution is 7.15. The van der Waals surface area contributed by atoms with E-state index >= 15 is 0 Å². The number of fused-ring (bicyclic) bond motifs is 1. The van der Waals surface area contributed by atoms with Gasteiger partial charge in [-0.2, -0.15) is 0 Å². The minimum atomic E-state index is 0.691. The molecule has 102 valence electrons. The molecule has 2 aromatic carbocycles. The predicted octanol–water partition coefficient (Wildman–Crippen LogP) is 4.31. The highest BCUT2D eigenvalue weighted by atomic mass is 32.1. The monoisotopic (exact) mass is 291 g/mol. The van der Waals surface area contributed by atoms with Crippen LogP contribution in [-0.2, 0) is 0 Å². The Balaban J connectivity index is 1.95. The molecule has 4 rings (SSSR count). The number of aromatic nitrogens is 2. The van der Waals surface area contributed by atoms with Gasteiger partial charge in [-0.25, -0.2) is 4.98 Å². The predicted molar refractivity (Wildman–Crippen MR) is 88.4 cm³/mol. The zero-order chi connectivity index (χ0) is 14.2. The molecule has 0 radical (unpaired) electrons. The lowest BCUT2D eigenvalue weighted by Crippen LogP contribution is -1.95. The van der Waals surface area contributed by atoms with E-state index in [9.17, 15) is 0 Å². The highest BCUT2D eigenvalue weighted by Crippen LogP contribution is 2.34. The van der Waals surface area contributed by atoms with Crippen LogP contribution in [0.25, 0.3) is 27.5 Å². The molecule has 2 N–H and O–H groups in total. The molecule has 0 atom stereocenters. The van der Waals surface area contributed by atoms with Crippen LogP contribution in [-0.4, -0.2) is 9.38 Å². The molecule has 2 aromatic heterocycles. The SMILES string of the molecule is Nc1c(-c2ccccc2)nc2scc(-c3ccccc3)n12. The summed E-state index contributed by atoms with van der Waals surface area (Å²) in [4.78, 5) is 5.61. The second-order valence-corrected chi connectivity index (χ2v) is 5.65. The Morgan fingerprint density at radius 2 is 1.48 bits per heavy atom. The lowest BCUT2D eigenvalue weighted by Gasteiger charge is -2.02. The van der Waals surface area contributed by atoms with E-state index in [1.54, 1.807) is 11.3 Å². The van der Waals surface area contributed by atoms with Crippen LogP contribution in [0.15, 0.2) is 66.0 Å². The van der Waals surface area contributed by atoms with Crippen molar-refractivity contribution in [2.75, 3.05) is 5.73 Å². The molecule has 21 heavy (non-hydrogen) atoms. The van der Waals surface area contributed by atoms with Gasteiger partial charge in [-0.1, -0.05) is 60.7 Å². The summed E-state index contributed by atoms with van der Waals surface area (Å²) in [6, 6.07) is 20.3. The average molecular weight is 291 g/mol. The largest absolute Gasteiger partial charge is 0.383 e. The molecule has 0 saturated carbocycles. The molecule has 2 heterocycles. The van der Waals surface area contributed by atoms with E-state index in [2.05, 4.69) is 22.5 Å². The molecular weight excluding hydrogens is 278 g/mol. The van der Waals surface area contributed by atoms with Crippen LogP contribution >= 0.6 is 11.3 Å².